The summed E-state index contributed by atoms with van der Waals surface area (Å²) in [7, 11) is 0. The Morgan fingerprint density at radius 1 is 1.19 bits per heavy atom. The van der Waals surface area contributed by atoms with E-state index in [0.717, 1.165) is 35.6 Å². The summed E-state index contributed by atoms with van der Waals surface area (Å²) in [6.07, 6.45) is 0.715. The van der Waals surface area contributed by atoms with Crippen LogP contribution in [0.1, 0.15) is 5.82 Å². The molecule has 0 saturated carbocycles. The standard InChI is InChI=1S/C15H10BrCl2IN2/c16-9-1-3-14-12(7-9)20-15(5-6-17)21(14)13-4-2-10(18)8-11(13)19/h1-4,7-8H,5-6H2. The molecule has 0 N–H and O–H groups in total. The van der Waals surface area contributed by atoms with Gasteiger partial charge in [0.25, 0.3) is 0 Å². The topological polar surface area (TPSA) is 17.8 Å². The van der Waals surface area contributed by atoms with E-state index in [1.54, 1.807) is 0 Å². The van der Waals surface area contributed by atoms with E-state index in [1.807, 2.05) is 30.3 Å². The third kappa shape index (κ3) is 3.09. The average molecular weight is 496 g/mol. The van der Waals surface area contributed by atoms with Gasteiger partial charge in [-0.05, 0) is 59.0 Å². The predicted molar refractivity (Wildman–Crippen MR) is 101 cm³/mol. The molecule has 0 amide bonds. The fourth-order valence-electron chi connectivity index (χ4n) is 2.29. The number of nitrogens with zero attached hydrogens (tertiary/aromatic N) is 2. The highest BCUT2D eigenvalue weighted by molar-refractivity contribution is 14.1. The minimum atomic E-state index is 0.536. The van der Waals surface area contributed by atoms with Crippen LogP contribution in [0.15, 0.2) is 40.9 Å². The summed E-state index contributed by atoms with van der Waals surface area (Å²) in [6.45, 7) is 0. The van der Waals surface area contributed by atoms with Gasteiger partial charge < -0.3 is 0 Å². The Kier molecular flexibility index (Phi) is 4.78. The van der Waals surface area contributed by atoms with Crippen LogP contribution in [0.25, 0.3) is 16.7 Å². The molecule has 0 fully saturated rings. The minimum Gasteiger partial charge on any atom is -0.295 e. The zero-order valence-corrected chi connectivity index (χ0v) is 16.0. The summed E-state index contributed by atoms with van der Waals surface area (Å²) < 4.78 is 4.25. The Bertz CT molecular complexity index is 817. The summed E-state index contributed by atoms with van der Waals surface area (Å²) in [5.41, 5.74) is 3.10. The molecule has 0 bridgehead atoms. The lowest BCUT2D eigenvalue weighted by Crippen LogP contribution is -2.04. The Morgan fingerprint density at radius 2 is 2.00 bits per heavy atom. The van der Waals surface area contributed by atoms with Gasteiger partial charge in [0, 0.05) is 25.4 Å². The van der Waals surface area contributed by atoms with E-state index in [4.69, 9.17) is 28.2 Å². The van der Waals surface area contributed by atoms with E-state index >= 15 is 0 Å². The average Bonchev–Trinajstić information content (AvgIpc) is 2.76. The van der Waals surface area contributed by atoms with Crippen molar-refractivity contribution >= 4 is 72.8 Å². The maximum absolute atomic E-state index is 6.06. The van der Waals surface area contributed by atoms with Crippen molar-refractivity contribution < 1.29 is 0 Å². The molecule has 0 spiro atoms. The Balaban J connectivity index is 2.30. The maximum Gasteiger partial charge on any atom is 0.115 e. The van der Waals surface area contributed by atoms with E-state index in [0.29, 0.717) is 12.3 Å². The van der Waals surface area contributed by atoms with Crippen molar-refractivity contribution in [1.82, 2.24) is 9.55 Å². The number of aryl methyl sites for hydroxylation is 1. The number of benzene rings is 2. The second-order valence-corrected chi connectivity index (χ2v) is 7.42. The first-order chi connectivity index (χ1) is 10.1. The van der Waals surface area contributed by atoms with Crippen molar-refractivity contribution in [3.63, 3.8) is 0 Å². The molecule has 21 heavy (non-hydrogen) atoms. The molecule has 3 aromatic rings. The molecule has 0 aliphatic rings. The SMILES string of the molecule is ClCCc1nc2cc(Br)ccc2n1-c1ccc(Cl)cc1I. The first kappa shape index (κ1) is 15.6. The summed E-state index contributed by atoms with van der Waals surface area (Å²) in [5.74, 6) is 1.49. The van der Waals surface area contributed by atoms with Crippen molar-refractivity contribution in [2.24, 2.45) is 0 Å². The number of hydrogen-bond acceptors (Lipinski definition) is 1. The van der Waals surface area contributed by atoms with E-state index in [-0.39, 0.29) is 0 Å². The lowest BCUT2D eigenvalue weighted by Gasteiger charge is -2.11. The van der Waals surface area contributed by atoms with Crippen LogP contribution in [-0.2, 0) is 6.42 Å². The molecule has 0 unspecified atom stereocenters. The van der Waals surface area contributed by atoms with Gasteiger partial charge in [0.05, 0.1) is 16.7 Å². The molecule has 0 atom stereocenters. The van der Waals surface area contributed by atoms with Crippen LogP contribution in [0, 0.1) is 3.57 Å². The van der Waals surface area contributed by atoms with Crippen molar-refractivity contribution in [3.05, 3.63) is 55.3 Å². The molecule has 2 aromatic carbocycles. The Hall–Kier alpha value is -0.300. The van der Waals surface area contributed by atoms with Gasteiger partial charge in [-0.1, -0.05) is 27.5 Å². The molecule has 108 valence electrons. The molecular weight excluding hydrogens is 486 g/mol. The molecule has 0 aliphatic heterocycles. The van der Waals surface area contributed by atoms with Crippen LogP contribution >= 0.6 is 61.7 Å². The van der Waals surface area contributed by atoms with E-state index < -0.39 is 0 Å². The smallest absolute Gasteiger partial charge is 0.115 e. The molecule has 0 aliphatic carbocycles. The summed E-state index contributed by atoms with van der Waals surface area (Å²) in [4.78, 5) is 4.72. The number of hydrogen-bond donors (Lipinski definition) is 0. The Labute approximate surface area is 154 Å². The summed E-state index contributed by atoms with van der Waals surface area (Å²) >= 11 is 17.8. The fourth-order valence-corrected chi connectivity index (χ4v) is 3.92. The molecule has 0 radical (unpaired) electrons. The van der Waals surface area contributed by atoms with Crippen LogP contribution in [0.4, 0.5) is 0 Å². The van der Waals surface area contributed by atoms with Crippen LogP contribution in [0.2, 0.25) is 5.02 Å². The maximum atomic E-state index is 6.06. The summed E-state index contributed by atoms with van der Waals surface area (Å²) in [6, 6.07) is 12.0. The quantitative estimate of drug-likeness (QED) is 0.330. The van der Waals surface area contributed by atoms with Gasteiger partial charge in [-0.25, -0.2) is 4.98 Å². The lowest BCUT2D eigenvalue weighted by molar-refractivity contribution is 0.909. The second kappa shape index (κ2) is 6.44. The predicted octanol–water partition coefficient (Wildman–Crippen LogP) is 5.83. The largest absolute Gasteiger partial charge is 0.295 e. The third-order valence-corrected chi connectivity index (χ3v) is 4.94. The lowest BCUT2D eigenvalue weighted by atomic mass is 10.2. The number of aromatic nitrogens is 2. The first-order valence-corrected chi connectivity index (χ1v) is 9.07. The van der Waals surface area contributed by atoms with Crippen molar-refractivity contribution in [1.29, 1.82) is 0 Å². The Morgan fingerprint density at radius 3 is 2.71 bits per heavy atom. The van der Waals surface area contributed by atoms with Gasteiger partial charge in [-0.15, -0.1) is 11.6 Å². The van der Waals surface area contributed by atoms with Crippen molar-refractivity contribution in [2.45, 2.75) is 6.42 Å². The van der Waals surface area contributed by atoms with E-state index in [9.17, 15) is 0 Å². The van der Waals surface area contributed by atoms with E-state index in [1.165, 1.54) is 0 Å². The fraction of sp³-hybridized carbons (Fsp3) is 0.133. The summed E-state index contributed by atoms with van der Waals surface area (Å²) in [5, 5.41) is 0.731. The molecule has 6 heteroatoms. The zero-order chi connectivity index (χ0) is 15.0. The van der Waals surface area contributed by atoms with Gasteiger partial charge in [0.15, 0.2) is 0 Å². The number of imidazole rings is 1. The van der Waals surface area contributed by atoms with Gasteiger partial charge in [0.2, 0.25) is 0 Å². The van der Waals surface area contributed by atoms with Gasteiger partial charge in [0.1, 0.15) is 5.82 Å². The molecule has 2 nitrogen and oxygen atoms in total. The highest BCUT2D eigenvalue weighted by Gasteiger charge is 2.14. The number of fused-ring (bicyclic) bond motifs is 1. The first-order valence-electron chi connectivity index (χ1n) is 6.28. The van der Waals surface area contributed by atoms with E-state index in [2.05, 4.69) is 49.2 Å². The molecule has 1 aromatic heterocycles. The van der Waals surface area contributed by atoms with Gasteiger partial charge in [-0.2, -0.15) is 0 Å². The van der Waals surface area contributed by atoms with Crippen LogP contribution in [0.3, 0.4) is 0 Å². The molecule has 1 heterocycles. The second-order valence-electron chi connectivity index (χ2n) is 4.53. The van der Waals surface area contributed by atoms with Crippen molar-refractivity contribution in [3.8, 4) is 5.69 Å². The van der Waals surface area contributed by atoms with Crippen LogP contribution in [-0.4, -0.2) is 15.4 Å². The third-order valence-electron chi connectivity index (χ3n) is 3.15. The zero-order valence-electron chi connectivity index (χ0n) is 10.8. The normalized spacial score (nSPS) is 11.2. The molecule has 0 saturated heterocycles. The molecule has 3 rings (SSSR count). The monoisotopic (exact) mass is 494 g/mol. The number of halogens is 4. The van der Waals surface area contributed by atoms with Crippen LogP contribution in [0.5, 0.6) is 0 Å². The number of alkyl halides is 1. The van der Waals surface area contributed by atoms with Crippen molar-refractivity contribution in [2.75, 3.05) is 5.88 Å². The highest BCUT2D eigenvalue weighted by atomic mass is 127. The minimum absolute atomic E-state index is 0.536. The highest BCUT2D eigenvalue weighted by Crippen LogP contribution is 2.28. The van der Waals surface area contributed by atoms with Gasteiger partial charge in [-0.3, -0.25) is 4.57 Å². The molecular formula is C15H10BrCl2IN2. The van der Waals surface area contributed by atoms with Crippen LogP contribution < -0.4 is 0 Å². The number of rotatable bonds is 3. The van der Waals surface area contributed by atoms with Gasteiger partial charge >= 0.3 is 0 Å².